The Morgan fingerprint density at radius 1 is 1.30 bits per heavy atom. The minimum atomic E-state index is -1.17. The molecule has 0 unspecified atom stereocenters. The summed E-state index contributed by atoms with van der Waals surface area (Å²) in [6, 6.07) is 10.0. The summed E-state index contributed by atoms with van der Waals surface area (Å²) in [6.07, 6.45) is -2.16. The Hall–Kier alpha value is -3.12. The first-order valence-corrected chi connectivity index (χ1v) is 8.42. The van der Waals surface area contributed by atoms with Gasteiger partial charge in [-0.15, -0.1) is 0 Å². The van der Waals surface area contributed by atoms with Crippen LogP contribution in [-0.2, 0) is 20.9 Å². The molecule has 0 aromatic heterocycles. The number of nitrogens with zero attached hydrogens (tertiary/aromatic N) is 1. The van der Waals surface area contributed by atoms with Crippen molar-refractivity contribution in [1.29, 1.82) is 5.26 Å². The molecule has 9 nitrogen and oxygen atoms in total. The SMILES string of the molecule is C[C@H](C#N)C[C@@H](NC(=O)C[C@@H](O)CNC(=O)OCc1ccccc1)C(N)=O. The van der Waals surface area contributed by atoms with Crippen LogP contribution in [0.25, 0.3) is 0 Å². The zero-order chi connectivity index (χ0) is 20.2. The van der Waals surface area contributed by atoms with Gasteiger partial charge in [0.2, 0.25) is 11.8 Å². The van der Waals surface area contributed by atoms with Gasteiger partial charge < -0.3 is 26.2 Å². The minimum Gasteiger partial charge on any atom is -0.445 e. The van der Waals surface area contributed by atoms with E-state index in [1.807, 2.05) is 24.3 Å². The molecule has 0 heterocycles. The molecule has 146 valence electrons. The van der Waals surface area contributed by atoms with Crippen LogP contribution >= 0.6 is 0 Å². The highest BCUT2D eigenvalue weighted by Crippen LogP contribution is 2.05. The largest absolute Gasteiger partial charge is 0.445 e. The van der Waals surface area contributed by atoms with Gasteiger partial charge in [0.1, 0.15) is 12.6 Å². The average Bonchev–Trinajstić information content (AvgIpc) is 2.64. The highest BCUT2D eigenvalue weighted by molar-refractivity contribution is 5.86. The van der Waals surface area contributed by atoms with Gasteiger partial charge in [-0.3, -0.25) is 9.59 Å². The molecule has 0 aliphatic carbocycles. The Morgan fingerprint density at radius 2 is 1.96 bits per heavy atom. The summed E-state index contributed by atoms with van der Waals surface area (Å²) < 4.78 is 4.98. The van der Waals surface area contributed by atoms with E-state index in [4.69, 9.17) is 15.7 Å². The Bertz CT molecular complexity index is 674. The average molecular weight is 376 g/mol. The van der Waals surface area contributed by atoms with Crippen molar-refractivity contribution < 1.29 is 24.2 Å². The van der Waals surface area contributed by atoms with Crippen LogP contribution in [0, 0.1) is 17.2 Å². The fourth-order valence-electron chi connectivity index (χ4n) is 2.17. The molecular formula is C18H24N4O5. The number of nitrogens with one attached hydrogen (secondary N) is 2. The number of benzene rings is 1. The number of aliphatic hydroxyl groups is 1. The molecule has 9 heteroatoms. The van der Waals surface area contributed by atoms with Crippen molar-refractivity contribution in [2.24, 2.45) is 11.7 Å². The van der Waals surface area contributed by atoms with Crippen molar-refractivity contribution in [3.8, 4) is 6.07 Å². The van der Waals surface area contributed by atoms with Gasteiger partial charge in [0.05, 0.1) is 18.6 Å². The first-order valence-electron chi connectivity index (χ1n) is 8.42. The molecule has 0 saturated carbocycles. The van der Waals surface area contributed by atoms with Gasteiger partial charge in [-0.1, -0.05) is 30.3 Å². The van der Waals surface area contributed by atoms with Crippen molar-refractivity contribution in [3.63, 3.8) is 0 Å². The first-order chi connectivity index (χ1) is 12.8. The zero-order valence-corrected chi connectivity index (χ0v) is 15.1. The number of primary amides is 1. The molecule has 0 saturated heterocycles. The number of ether oxygens (including phenoxy) is 1. The van der Waals surface area contributed by atoms with Gasteiger partial charge >= 0.3 is 6.09 Å². The highest BCUT2D eigenvalue weighted by atomic mass is 16.5. The van der Waals surface area contributed by atoms with E-state index in [1.165, 1.54) is 0 Å². The van der Waals surface area contributed by atoms with E-state index in [1.54, 1.807) is 19.1 Å². The van der Waals surface area contributed by atoms with Crippen LogP contribution in [0.15, 0.2) is 30.3 Å². The van der Waals surface area contributed by atoms with Crippen LogP contribution in [-0.4, -0.2) is 41.7 Å². The van der Waals surface area contributed by atoms with Crippen molar-refractivity contribution in [2.75, 3.05) is 6.54 Å². The highest BCUT2D eigenvalue weighted by Gasteiger charge is 2.22. The number of carbonyl (C=O) groups excluding carboxylic acids is 3. The lowest BCUT2D eigenvalue weighted by Gasteiger charge is -2.18. The van der Waals surface area contributed by atoms with Gasteiger partial charge in [-0.25, -0.2) is 4.79 Å². The molecule has 27 heavy (non-hydrogen) atoms. The van der Waals surface area contributed by atoms with Crippen LogP contribution in [0.2, 0.25) is 0 Å². The maximum absolute atomic E-state index is 11.9. The van der Waals surface area contributed by atoms with Crippen LogP contribution in [0.3, 0.4) is 0 Å². The van der Waals surface area contributed by atoms with E-state index in [0.717, 1.165) is 5.56 Å². The molecule has 3 atom stereocenters. The Morgan fingerprint density at radius 3 is 2.56 bits per heavy atom. The molecule has 0 bridgehead atoms. The number of nitriles is 1. The topological polar surface area (TPSA) is 155 Å². The number of hydrogen-bond acceptors (Lipinski definition) is 6. The molecule has 0 aliphatic rings. The number of amides is 3. The standard InChI is InChI=1S/C18H24N4O5/c1-12(9-19)7-15(17(20)25)22-16(24)8-14(23)10-21-18(26)27-11-13-5-3-2-4-6-13/h2-6,12,14-15,23H,7-8,10-11H2,1H3,(H2,20,25)(H,21,26)(H,22,24)/t12-,14+,15+/m0/s1. The third-order valence-corrected chi connectivity index (χ3v) is 3.60. The third kappa shape index (κ3) is 9.23. The summed E-state index contributed by atoms with van der Waals surface area (Å²) in [5.41, 5.74) is 6.02. The quantitative estimate of drug-likeness (QED) is 0.457. The molecular weight excluding hydrogens is 352 g/mol. The first kappa shape index (κ1) is 21.9. The van der Waals surface area contributed by atoms with Crippen molar-refractivity contribution in [2.45, 2.75) is 38.5 Å². The van der Waals surface area contributed by atoms with E-state index in [-0.39, 0.29) is 26.0 Å². The number of carbonyl (C=O) groups is 3. The number of alkyl carbamates (subject to hydrolysis) is 1. The van der Waals surface area contributed by atoms with Crippen LogP contribution in [0.4, 0.5) is 4.79 Å². The molecule has 0 spiro atoms. The number of hydrogen-bond donors (Lipinski definition) is 4. The second-order valence-corrected chi connectivity index (χ2v) is 6.09. The van der Waals surface area contributed by atoms with Gasteiger partial charge in [0, 0.05) is 12.5 Å². The van der Waals surface area contributed by atoms with Crippen LogP contribution in [0.5, 0.6) is 0 Å². The van der Waals surface area contributed by atoms with E-state index >= 15 is 0 Å². The molecule has 1 aromatic rings. The van der Waals surface area contributed by atoms with Crippen molar-refractivity contribution in [1.82, 2.24) is 10.6 Å². The van der Waals surface area contributed by atoms with Crippen molar-refractivity contribution in [3.05, 3.63) is 35.9 Å². The monoisotopic (exact) mass is 376 g/mol. The van der Waals surface area contributed by atoms with Crippen molar-refractivity contribution >= 4 is 17.9 Å². The maximum atomic E-state index is 11.9. The molecule has 1 aromatic carbocycles. The fraction of sp³-hybridized carbons (Fsp3) is 0.444. The molecule has 0 radical (unpaired) electrons. The van der Waals surface area contributed by atoms with Crippen LogP contribution in [0.1, 0.15) is 25.3 Å². The lowest BCUT2D eigenvalue weighted by atomic mass is 10.0. The number of nitrogens with two attached hydrogens (primary N) is 1. The fourth-order valence-corrected chi connectivity index (χ4v) is 2.17. The van der Waals surface area contributed by atoms with E-state index in [0.29, 0.717) is 0 Å². The summed E-state index contributed by atoms with van der Waals surface area (Å²) in [7, 11) is 0. The normalized spacial score (nSPS) is 13.5. The summed E-state index contributed by atoms with van der Waals surface area (Å²) in [5, 5.41) is 23.3. The Kier molecular flexibility index (Phi) is 9.33. The smallest absolute Gasteiger partial charge is 0.407 e. The van der Waals surface area contributed by atoms with E-state index in [2.05, 4.69) is 10.6 Å². The molecule has 5 N–H and O–H groups in total. The molecule has 0 aliphatic heterocycles. The number of rotatable bonds is 10. The van der Waals surface area contributed by atoms with Crippen LogP contribution < -0.4 is 16.4 Å². The second kappa shape index (κ2) is 11.5. The van der Waals surface area contributed by atoms with Gasteiger partial charge in [0.25, 0.3) is 0 Å². The summed E-state index contributed by atoms with van der Waals surface area (Å²) >= 11 is 0. The zero-order valence-electron chi connectivity index (χ0n) is 15.1. The lowest BCUT2D eigenvalue weighted by Crippen LogP contribution is -2.46. The maximum Gasteiger partial charge on any atom is 0.407 e. The Labute approximate surface area is 157 Å². The minimum absolute atomic E-state index is 0.0811. The van der Waals surface area contributed by atoms with Gasteiger partial charge in [-0.05, 0) is 18.9 Å². The van der Waals surface area contributed by atoms with Gasteiger partial charge in [-0.2, -0.15) is 5.26 Å². The lowest BCUT2D eigenvalue weighted by molar-refractivity contribution is -0.128. The second-order valence-electron chi connectivity index (χ2n) is 6.09. The summed E-state index contributed by atoms with van der Waals surface area (Å²) in [4.78, 5) is 34.8. The molecule has 3 amide bonds. The predicted octanol–water partition coefficient (Wildman–Crippen LogP) is 0.184. The predicted molar refractivity (Wildman–Crippen MR) is 95.8 cm³/mol. The summed E-state index contributed by atoms with van der Waals surface area (Å²) in [5.74, 6) is -1.84. The van der Waals surface area contributed by atoms with Gasteiger partial charge in [0.15, 0.2) is 0 Å². The molecule has 1 rings (SSSR count). The Balaban J connectivity index is 2.32. The third-order valence-electron chi connectivity index (χ3n) is 3.60. The summed E-state index contributed by atoms with van der Waals surface area (Å²) in [6.45, 7) is 1.49. The van der Waals surface area contributed by atoms with E-state index in [9.17, 15) is 19.5 Å². The van der Waals surface area contributed by atoms with E-state index < -0.39 is 36.0 Å². The molecule has 0 fully saturated rings. The number of aliphatic hydroxyl groups excluding tert-OH is 1.